The van der Waals surface area contributed by atoms with E-state index in [1.807, 2.05) is 4.68 Å². The van der Waals surface area contributed by atoms with E-state index < -0.39 is 0 Å². The molecule has 0 amide bonds. The second-order valence-electron chi connectivity index (χ2n) is 5.53. The number of halogens is 1. The fourth-order valence-electron chi connectivity index (χ4n) is 1.96. The average molecular weight is 368 g/mol. The van der Waals surface area contributed by atoms with E-state index in [1.54, 1.807) is 11.8 Å². The van der Waals surface area contributed by atoms with E-state index in [1.165, 1.54) is 18.4 Å². The molecule has 3 rings (SSSR count). The van der Waals surface area contributed by atoms with Gasteiger partial charge in [-0.3, -0.25) is 0 Å². The number of benzene rings is 1. The van der Waals surface area contributed by atoms with Crippen LogP contribution in [0, 0.1) is 0 Å². The van der Waals surface area contributed by atoms with E-state index in [-0.39, 0.29) is 0 Å². The maximum absolute atomic E-state index is 4.12. The van der Waals surface area contributed by atoms with E-state index in [4.69, 9.17) is 0 Å². The third kappa shape index (κ3) is 3.84. The summed E-state index contributed by atoms with van der Waals surface area (Å²) in [6.45, 7) is 5.16. The minimum atomic E-state index is 0.481. The molecule has 21 heavy (non-hydrogen) atoms. The van der Waals surface area contributed by atoms with Crippen LogP contribution in [0.3, 0.4) is 0 Å². The summed E-state index contributed by atoms with van der Waals surface area (Å²) in [5, 5.41) is 16.3. The molecule has 0 radical (unpaired) electrons. The van der Waals surface area contributed by atoms with Crippen molar-refractivity contribution in [2.24, 2.45) is 0 Å². The Hall–Kier alpha value is -0.920. The van der Waals surface area contributed by atoms with Crippen LogP contribution in [0.5, 0.6) is 0 Å². The zero-order valence-corrected chi connectivity index (χ0v) is 14.5. The Labute approximate surface area is 137 Å². The van der Waals surface area contributed by atoms with Crippen LogP contribution in [0.2, 0.25) is 0 Å². The lowest BCUT2D eigenvalue weighted by Gasteiger charge is -2.10. The van der Waals surface area contributed by atoms with Crippen LogP contribution in [0.1, 0.15) is 38.3 Å². The highest BCUT2D eigenvalue weighted by molar-refractivity contribution is 9.10. The molecule has 2 aromatic rings. The van der Waals surface area contributed by atoms with E-state index in [2.05, 4.69) is 68.8 Å². The molecule has 1 heterocycles. The Morgan fingerprint density at radius 1 is 1.43 bits per heavy atom. The number of tetrazole rings is 1. The van der Waals surface area contributed by atoms with Crippen molar-refractivity contribution in [1.29, 1.82) is 0 Å². The van der Waals surface area contributed by atoms with Crippen molar-refractivity contribution in [3.8, 4) is 0 Å². The molecule has 5 nitrogen and oxygen atoms in total. The molecule has 1 fully saturated rings. The predicted molar refractivity (Wildman–Crippen MR) is 86.3 cm³/mol. The van der Waals surface area contributed by atoms with Crippen molar-refractivity contribution in [2.45, 2.75) is 55.4 Å². The Balaban J connectivity index is 1.71. The molecule has 1 aliphatic carbocycles. The van der Waals surface area contributed by atoms with Gasteiger partial charge < -0.3 is 5.32 Å². The summed E-state index contributed by atoms with van der Waals surface area (Å²) in [6, 6.07) is 7.38. The largest absolute Gasteiger partial charge is 0.310 e. The molecule has 1 aromatic heterocycles. The fourth-order valence-corrected chi connectivity index (χ4v) is 3.51. The summed E-state index contributed by atoms with van der Waals surface area (Å²) in [5.74, 6) is 0. The van der Waals surface area contributed by atoms with Crippen LogP contribution in [0.25, 0.3) is 0 Å². The predicted octanol–water partition coefficient (Wildman–Crippen LogP) is 3.42. The van der Waals surface area contributed by atoms with Crippen LogP contribution in [0.4, 0.5) is 0 Å². The van der Waals surface area contributed by atoms with Crippen molar-refractivity contribution >= 4 is 27.7 Å². The van der Waals surface area contributed by atoms with E-state index in [9.17, 15) is 0 Å². The van der Waals surface area contributed by atoms with Gasteiger partial charge in [-0.2, -0.15) is 0 Å². The SMILES string of the molecule is CC(C)NCc1ccc(Sc2nnnn2C2CC2)cc1Br. The summed E-state index contributed by atoms with van der Waals surface area (Å²) >= 11 is 5.26. The van der Waals surface area contributed by atoms with Crippen LogP contribution >= 0.6 is 27.7 Å². The third-order valence-electron chi connectivity index (χ3n) is 3.29. The smallest absolute Gasteiger partial charge is 0.214 e. The van der Waals surface area contributed by atoms with Crippen LogP contribution < -0.4 is 5.32 Å². The molecule has 0 aliphatic heterocycles. The zero-order valence-electron chi connectivity index (χ0n) is 12.1. The van der Waals surface area contributed by atoms with E-state index in [0.29, 0.717) is 12.1 Å². The lowest BCUT2D eigenvalue weighted by atomic mass is 10.2. The van der Waals surface area contributed by atoms with Crippen molar-refractivity contribution in [3.63, 3.8) is 0 Å². The van der Waals surface area contributed by atoms with E-state index >= 15 is 0 Å². The lowest BCUT2D eigenvalue weighted by molar-refractivity contribution is 0.565. The van der Waals surface area contributed by atoms with Gasteiger partial charge in [0.2, 0.25) is 5.16 Å². The van der Waals surface area contributed by atoms with Crippen LogP contribution in [-0.4, -0.2) is 26.2 Å². The second-order valence-corrected chi connectivity index (χ2v) is 7.42. The molecule has 1 N–H and O–H groups in total. The first-order chi connectivity index (χ1) is 10.1. The first kappa shape index (κ1) is 15.0. The summed E-state index contributed by atoms with van der Waals surface area (Å²) in [7, 11) is 0. The summed E-state index contributed by atoms with van der Waals surface area (Å²) in [4.78, 5) is 1.15. The van der Waals surface area contributed by atoms with Crippen molar-refractivity contribution in [2.75, 3.05) is 0 Å². The summed E-state index contributed by atoms with van der Waals surface area (Å²) in [6.07, 6.45) is 2.37. The van der Waals surface area contributed by atoms with Crippen molar-refractivity contribution < 1.29 is 0 Å². The maximum Gasteiger partial charge on any atom is 0.214 e. The van der Waals surface area contributed by atoms with Crippen LogP contribution in [-0.2, 0) is 6.54 Å². The Morgan fingerprint density at radius 3 is 2.90 bits per heavy atom. The lowest BCUT2D eigenvalue weighted by Crippen LogP contribution is -2.21. The van der Waals surface area contributed by atoms with Gasteiger partial charge in [0, 0.05) is 22.0 Å². The van der Waals surface area contributed by atoms with Gasteiger partial charge in [-0.1, -0.05) is 35.8 Å². The van der Waals surface area contributed by atoms with Gasteiger partial charge in [-0.05, 0) is 52.7 Å². The molecule has 7 heteroatoms. The van der Waals surface area contributed by atoms with Crippen molar-refractivity contribution in [1.82, 2.24) is 25.5 Å². The summed E-state index contributed by atoms with van der Waals surface area (Å²) in [5.41, 5.74) is 1.26. The van der Waals surface area contributed by atoms with Gasteiger partial charge in [0.1, 0.15) is 0 Å². The highest BCUT2D eigenvalue weighted by Gasteiger charge is 2.28. The maximum atomic E-state index is 4.12. The number of rotatable bonds is 6. The number of nitrogens with one attached hydrogen (secondary N) is 1. The van der Waals surface area contributed by atoms with Gasteiger partial charge in [0.25, 0.3) is 0 Å². The van der Waals surface area contributed by atoms with Gasteiger partial charge >= 0.3 is 0 Å². The molecule has 1 aliphatic rings. The fraction of sp³-hybridized carbons (Fsp3) is 0.500. The minimum Gasteiger partial charge on any atom is -0.310 e. The molecular weight excluding hydrogens is 350 g/mol. The number of aromatic nitrogens is 4. The Kier molecular flexibility index (Phi) is 4.61. The highest BCUT2D eigenvalue weighted by Crippen LogP contribution is 2.38. The third-order valence-corrected chi connectivity index (χ3v) is 4.97. The molecule has 0 atom stereocenters. The molecule has 112 valence electrons. The highest BCUT2D eigenvalue weighted by atomic mass is 79.9. The topological polar surface area (TPSA) is 55.6 Å². The number of hydrogen-bond donors (Lipinski definition) is 1. The first-order valence-electron chi connectivity index (χ1n) is 7.11. The Bertz CT molecular complexity index is 624. The molecule has 0 unspecified atom stereocenters. The molecule has 1 aromatic carbocycles. The molecular formula is C14H18BrN5S. The molecule has 0 saturated heterocycles. The molecule has 1 saturated carbocycles. The quantitative estimate of drug-likeness (QED) is 0.847. The standard InChI is InChI=1S/C14H18BrN5S/c1-9(2)16-8-10-3-6-12(7-13(10)15)21-14-17-18-19-20(14)11-4-5-11/h3,6-7,9,11,16H,4-5,8H2,1-2H3. The number of nitrogens with zero attached hydrogens (tertiary/aromatic N) is 4. The monoisotopic (exact) mass is 367 g/mol. The first-order valence-corrected chi connectivity index (χ1v) is 8.72. The molecule has 0 spiro atoms. The minimum absolute atomic E-state index is 0.481. The second kappa shape index (κ2) is 6.46. The van der Waals surface area contributed by atoms with Gasteiger partial charge in [-0.15, -0.1) is 5.10 Å². The molecule has 0 bridgehead atoms. The van der Waals surface area contributed by atoms with E-state index in [0.717, 1.165) is 21.1 Å². The normalized spacial score (nSPS) is 14.9. The van der Waals surface area contributed by atoms with Gasteiger partial charge in [0.15, 0.2) is 0 Å². The Morgan fingerprint density at radius 2 is 2.24 bits per heavy atom. The van der Waals surface area contributed by atoms with Crippen molar-refractivity contribution in [3.05, 3.63) is 28.2 Å². The summed E-state index contributed by atoms with van der Waals surface area (Å²) < 4.78 is 3.05. The van der Waals surface area contributed by atoms with Gasteiger partial charge in [-0.25, -0.2) is 4.68 Å². The average Bonchev–Trinajstić information content (AvgIpc) is 3.18. The zero-order chi connectivity index (χ0) is 14.8. The van der Waals surface area contributed by atoms with Gasteiger partial charge in [0.05, 0.1) is 6.04 Å². The number of hydrogen-bond acceptors (Lipinski definition) is 5. The van der Waals surface area contributed by atoms with Crippen LogP contribution in [0.15, 0.2) is 32.7 Å².